The maximum absolute atomic E-state index is 12.1. The number of carbonyl (C=O) groups is 1. The first-order valence-corrected chi connectivity index (χ1v) is 6.07. The maximum atomic E-state index is 12.1. The highest BCUT2D eigenvalue weighted by molar-refractivity contribution is 5.90. The van der Waals surface area contributed by atoms with Crippen molar-refractivity contribution in [2.75, 3.05) is 7.11 Å². The van der Waals surface area contributed by atoms with Gasteiger partial charge in [-0.05, 0) is 24.3 Å². The number of aromatic nitrogens is 2. The Kier molecular flexibility index (Phi) is 3.09. The molecule has 0 spiro atoms. The zero-order valence-electron chi connectivity index (χ0n) is 10.8. The van der Waals surface area contributed by atoms with Crippen LogP contribution in [0.3, 0.4) is 0 Å². The largest absolute Gasteiger partial charge is 0.493 e. The number of fused-ring (bicyclic) bond motifs is 1. The van der Waals surface area contributed by atoms with E-state index < -0.39 is 5.97 Å². The van der Waals surface area contributed by atoms with Gasteiger partial charge in [0, 0.05) is 12.4 Å². The van der Waals surface area contributed by atoms with Crippen molar-refractivity contribution in [3.8, 4) is 11.5 Å². The zero-order chi connectivity index (χ0) is 13.9. The van der Waals surface area contributed by atoms with Crippen molar-refractivity contribution in [3.63, 3.8) is 0 Å². The Bertz CT molecular complexity index is 731. The van der Waals surface area contributed by atoms with Gasteiger partial charge in [-0.1, -0.05) is 18.2 Å². The Morgan fingerprint density at radius 2 is 1.85 bits per heavy atom. The van der Waals surface area contributed by atoms with Crippen LogP contribution in [0.1, 0.15) is 10.5 Å². The second-order valence-corrected chi connectivity index (χ2v) is 4.13. The standard InChI is InChI=1S/C15H12N2O3/c1-19-12-6-2-3-7-13(12)20-15(18)11-10-17-9-5-4-8-14(17)16-11/h2-10H,1H3. The lowest BCUT2D eigenvalue weighted by atomic mass is 10.3. The van der Waals surface area contributed by atoms with E-state index in [4.69, 9.17) is 9.47 Å². The summed E-state index contributed by atoms with van der Waals surface area (Å²) in [4.78, 5) is 16.3. The number of hydrogen-bond donors (Lipinski definition) is 0. The molecule has 5 heteroatoms. The molecule has 0 radical (unpaired) electrons. The molecular formula is C15H12N2O3. The highest BCUT2D eigenvalue weighted by Crippen LogP contribution is 2.26. The normalized spacial score (nSPS) is 10.4. The molecule has 3 rings (SSSR count). The Labute approximate surface area is 115 Å². The molecule has 0 unspecified atom stereocenters. The van der Waals surface area contributed by atoms with E-state index in [9.17, 15) is 4.79 Å². The lowest BCUT2D eigenvalue weighted by Gasteiger charge is -2.07. The molecular weight excluding hydrogens is 256 g/mol. The van der Waals surface area contributed by atoms with Gasteiger partial charge in [0.05, 0.1) is 7.11 Å². The Hall–Kier alpha value is -2.82. The SMILES string of the molecule is COc1ccccc1OC(=O)c1cn2ccccc2n1. The van der Waals surface area contributed by atoms with E-state index in [-0.39, 0.29) is 5.69 Å². The van der Waals surface area contributed by atoms with Crippen molar-refractivity contribution >= 4 is 11.6 Å². The fraction of sp³-hybridized carbons (Fsp3) is 0.0667. The van der Waals surface area contributed by atoms with Gasteiger partial charge in [0.15, 0.2) is 17.2 Å². The Balaban J connectivity index is 1.89. The molecule has 3 aromatic rings. The van der Waals surface area contributed by atoms with Crippen LogP contribution >= 0.6 is 0 Å². The molecule has 1 aromatic carbocycles. The summed E-state index contributed by atoms with van der Waals surface area (Å²) in [6.07, 6.45) is 3.45. The smallest absolute Gasteiger partial charge is 0.364 e. The Morgan fingerprint density at radius 1 is 1.10 bits per heavy atom. The summed E-state index contributed by atoms with van der Waals surface area (Å²) in [5.41, 5.74) is 0.946. The third-order valence-corrected chi connectivity index (χ3v) is 2.84. The lowest BCUT2D eigenvalue weighted by Crippen LogP contribution is -2.09. The summed E-state index contributed by atoms with van der Waals surface area (Å²) in [5, 5.41) is 0. The molecule has 0 N–H and O–H groups in total. The van der Waals surface area contributed by atoms with Gasteiger partial charge in [-0.2, -0.15) is 0 Å². The number of esters is 1. The third-order valence-electron chi connectivity index (χ3n) is 2.84. The number of hydrogen-bond acceptors (Lipinski definition) is 4. The van der Waals surface area contributed by atoms with Crippen LogP contribution in [-0.4, -0.2) is 22.5 Å². The second-order valence-electron chi connectivity index (χ2n) is 4.13. The van der Waals surface area contributed by atoms with Crippen LogP contribution in [0.25, 0.3) is 5.65 Å². The van der Waals surface area contributed by atoms with Gasteiger partial charge in [0.25, 0.3) is 0 Å². The second kappa shape index (κ2) is 5.05. The van der Waals surface area contributed by atoms with Crippen LogP contribution in [-0.2, 0) is 0 Å². The molecule has 2 aromatic heterocycles. The summed E-state index contributed by atoms with van der Waals surface area (Å²) in [6.45, 7) is 0. The number of benzene rings is 1. The molecule has 2 heterocycles. The molecule has 0 saturated carbocycles. The van der Waals surface area contributed by atoms with Gasteiger partial charge >= 0.3 is 5.97 Å². The first-order chi connectivity index (χ1) is 9.78. The number of para-hydroxylation sites is 2. The molecule has 0 aliphatic heterocycles. The number of rotatable bonds is 3. The number of methoxy groups -OCH3 is 1. The van der Waals surface area contributed by atoms with Crippen molar-refractivity contribution in [1.29, 1.82) is 0 Å². The van der Waals surface area contributed by atoms with Crippen LogP contribution in [0.15, 0.2) is 54.9 Å². The first-order valence-electron chi connectivity index (χ1n) is 6.07. The van der Waals surface area contributed by atoms with Crippen molar-refractivity contribution in [2.45, 2.75) is 0 Å². The molecule has 0 amide bonds. The fourth-order valence-corrected chi connectivity index (χ4v) is 1.89. The fourth-order valence-electron chi connectivity index (χ4n) is 1.89. The molecule has 0 bridgehead atoms. The highest BCUT2D eigenvalue weighted by atomic mass is 16.6. The third kappa shape index (κ3) is 2.21. The highest BCUT2D eigenvalue weighted by Gasteiger charge is 2.15. The van der Waals surface area contributed by atoms with Gasteiger partial charge in [0.1, 0.15) is 5.65 Å². The average molecular weight is 268 g/mol. The van der Waals surface area contributed by atoms with Gasteiger partial charge in [0.2, 0.25) is 0 Å². The molecule has 0 fully saturated rings. The summed E-state index contributed by atoms with van der Waals surface area (Å²) in [6, 6.07) is 12.5. The molecule has 0 saturated heterocycles. The van der Waals surface area contributed by atoms with Crippen LogP contribution in [0.4, 0.5) is 0 Å². The van der Waals surface area contributed by atoms with E-state index in [1.807, 2.05) is 24.4 Å². The van der Waals surface area contributed by atoms with Gasteiger partial charge < -0.3 is 13.9 Å². The maximum Gasteiger partial charge on any atom is 0.364 e. The summed E-state index contributed by atoms with van der Waals surface area (Å²) in [7, 11) is 1.53. The van der Waals surface area contributed by atoms with Crippen LogP contribution in [0, 0.1) is 0 Å². The quantitative estimate of drug-likeness (QED) is 0.541. The van der Waals surface area contributed by atoms with E-state index in [1.165, 1.54) is 7.11 Å². The van der Waals surface area contributed by atoms with Gasteiger partial charge in [-0.15, -0.1) is 0 Å². The van der Waals surface area contributed by atoms with Crippen LogP contribution in [0.5, 0.6) is 11.5 Å². The number of ether oxygens (including phenoxy) is 2. The zero-order valence-corrected chi connectivity index (χ0v) is 10.8. The molecule has 5 nitrogen and oxygen atoms in total. The number of imidazole rings is 1. The van der Waals surface area contributed by atoms with Crippen molar-refractivity contribution in [3.05, 3.63) is 60.6 Å². The predicted molar refractivity (Wildman–Crippen MR) is 73.1 cm³/mol. The van der Waals surface area contributed by atoms with Crippen LogP contribution in [0.2, 0.25) is 0 Å². The minimum absolute atomic E-state index is 0.252. The molecule has 0 aliphatic carbocycles. The van der Waals surface area contributed by atoms with E-state index >= 15 is 0 Å². The van der Waals surface area contributed by atoms with Crippen molar-refractivity contribution in [1.82, 2.24) is 9.38 Å². The summed E-state index contributed by atoms with van der Waals surface area (Å²) in [5.74, 6) is 0.361. The molecule has 0 aliphatic rings. The van der Waals surface area contributed by atoms with Crippen LogP contribution < -0.4 is 9.47 Å². The summed E-state index contributed by atoms with van der Waals surface area (Å²) >= 11 is 0. The monoisotopic (exact) mass is 268 g/mol. The van der Waals surface area contributed by atoms with Crippen molar-refractivity contribution in [2.24, 2.45) is 0 Å². The van der Waals surface area contributed by atoms with Crippen molar-refractivity contribution < 1.29 is 14.3 Å². The minimum Gasteiger partial charge on any atom is -0.493 e. The minimum atomic E-state index is -0.516. The van der Waals surface area contributed by atoms with Gasteiger partial charge in [-0.25, -0.2) is 9.78 Å². The predicted octanol–water partition coefficient (Wildman–Crippen LogP) is 2.56. The molecule has 0 atom stereocenters. The number of pyridine rings is 1. The Morgan fingerprint density at radius 3 is 2.60 bits per heavy atom. The molecule has 100 valence electrons. The average Bonchev–Trinajstić information content (AvgIpc) is 2.92. The van der Waals surface area contributed by atoms with E-state index in [0.29, 0.717) is 17.1 Å². The lowest BCUT2D eigenvalue weighted by molar-refractivity contribution is 0.0724. The van der Waals surface area contributed by atoms with Gasteiger partial charge in [-0.3, -0.25) is 0 Å². The van der Waals surface area contributed by atoms with E-state index in [2.05, 4.69) is 4.98 Å². The molecule has 20 heavy (non-hydrogen) atoms. The number of carbonyl (C=O) groups excluding carboxylic acids is 1. The number of nitrogens with zero attached hydrogens (tertiary/aromatic N) is 2. The van der Waals surface area contributed by atoms with E-state index in [1.54, 1.807) is 34.9 Å². The topological polar surface area (TPSA) is 52.8 Å². The van der Waals surface area contributed by atoms with E-state index in [0.717, 1.165) is 0 Å². The summed E-state index contributed by atoms with van der Waals surface area (Å²) < 4.78 is 12.2. The first kappa shape index (κ1) is 12.2.